The summed E-state index contributed by atoms with van der Waals surface area (Å²) in [5, 5.41) is 6.47. The molecule has 1 amide bonds. The van der Waals surface area contributed by atoms with Crippen molar-refractivity contribution in [2.24, 2.45) is 17.6 Å². The van der Waals surface area contributed by atoms with E-state index < -0.39 is 11.8 Å². The molecule has 2 unspecified atom stereocenters. The van der Waals surface area contributed by atoms with Crippen LogP contribution < -0.4 is 11.1 Å². The Hall–Kier alpha value is -1.01. The predicted molar refractivity (Wildman–Crippen MR) is 73.9 cm³/mol. The summed E-state index contributed by atoms with van der Waals surface area (Å²) in [6, 6.07) is 1.49. The number of nitrogens with one attached hydrogen (secondary N) is 1. The third-order valence-corrected chi connectivity index (χ3v) is 5.12. The molecule has 0 spiro atoms. The zero-order valence-corrected chi connectivity index (χ0v) is 11.8. The van der Waals surface area contributed by atoms with Crippen LogP contribution in [0.25, 0.3) is 0 Å². The Balaban J connectivity index is 1.63. The lowest BCUT2D eigenvalue weighted by Gasteiger charge is -2.36. The fourth-order valence-corrected chi connectivity index (χ4v) is 3.76. The lowest BCUT2D eigenvalue weighted by atomic mass is 9.79. The molecule has 2 aliphatic carbocycles. The van der Waals surface area contributed by atoms with Gasteiger partial charge in [-0.15, -0.1) is 0 Å². The number of hydrogen-bond acceptors (Lipinski definition) is 3. The summed E-state index contributed by atoms with van der Waals surface area (Å²) in [6.45, 7) is 0. The second-order valence-corrected chi connectivity index (χ2v) is 6.67. The van der Waals surface area contributed by atoms with Gasteiger partial charge in [-0.1, -0.05) is 0 Å². The second kappa shape index (κ2) is 5.07. The highest BCUT2D eigenvalue weighted by atomic mass is 32.1. The first kappa shape index (κ1) is 13.9. The van der Waals surface area contributed by atoms with Crippen molar-refractivity contribution in [3.05, 3.63) is 22.4 Å². The molecule has 3 N–H and O–H groups in total. The Morgan fingerprint density at radius 3 is 2.80 bits per heavy atom. The molecule has 0 saturated heterocycles. The van der Waals surface area contributed by atoms with Crippen molar-refractivity contribution in [1.29, 1.82) is 0 Å². The Bertz CT molecular complexity index is 491. The van der Waals surface area contributed by atoms with Crippen molar-refractivity contribution in [1.82, 2.24) is 5.32 Å². The topological polar surface area (TPSA) is 55.1 Å². The largest absolute Gasteiger partial charge is 0.349 e. The molecule has 0 radical (unpaired) electrons. The van der Waals surface area contributed by atoms with E-state index in [1.807, 2.05) is 5.38 Å². The van der Waals surface area contributed by atoms with E-state index in [1.165, 1.54) is 11.3 Å². The molecular weight excluding hydrogens is 282 g/mol. The third kappa shape index (κ3) is 2.72. The number of rotatable bonds is 3. The number of halogens is 2. The van der Waals surface area contributed by atoms with E-state index in [9.17, 15) is 13.6 Å². The quantitative estimate of drug-likeness (QED) is 0.901. The van der Waals surface area contributed by atoms with Crippen LogP contribution in [0.3, 0.4) is 0 Å². The number of amides is 1. The average Bonchev–Trinajstić information content (AvgIpc) is 2.92. The maximum Gasteiger partial charge on any atom is 0.252 e. The van der Waals surface area contributed by atoms with Gasteiger partial charge in [0.2, 0.25) is 0 Å². The molecule has 2 saturated carbocycles. The summed E-state index contributed by atoms with van der Waals surface area (Å²) in [4.78, 5) is 12.0. The third-order valence-electron chi connectivity index (χ3n) is 4.43. The summed E-state index contributed by atoms with van der Waals surface area (Å²) < 4.78 is 27.9. The molecule has 3 rings (SSSR count). The van der Waals surface area contributed by atoms with Gasteiger partial charge in [0.25, 0.3) is 11.8 Å². The molecule has 0 aliphatic heterocycles. The molecule has 4 atom stereocenters. The number of nitrogens with two attached hydrogens (primary N) is 1. The summed E-state index contributed by atoms with van der Waals surface area (Å²) >= 11 is 1.45. The predicted octanol–water partition coefficient (Wildman–Crippen LogP) is 2.63. The maximum absolute atomic E-state index is 14.0. The zero-order chi connectivity index (χ0) is 14.3. The number of carbonyl (C=O) groups excluding carboxylic acids is 1. The van der Waals surface area contributed by atoms with Crippen LogP contribution in [-0.2, 0) is 0 Å². The fourth-order valence-electron chi connectivity index (χ4n) is 3.13. The minimum absolute atomic E-state index is 0.0779. The van der Waals surface area contributed by atoms with Crippen LogP contribution in [0.4, 0.5) is 8.78 Å². The smallest absolute Gasteiger partial charge is 0.252 e. The van der Waals surface area contributed by atoms with Crippen LogP contribution in [0, 0.1) is 11.8 Å². The Morgan fingerprint density at radius 2 is 2.20 bits per heavy atom. The summed E-state index contributed by atoms with van der Waals surface area (Å²) in [6.07, 6.45) is 1.20. The van der Waals surface area contributed by atoms with Crippen LogP contribution in [0.1, 0.15) is 36.0 Å². The molecule has 1 aromatic rings. The van der Waals surface area contributed by atoms with Crippen LogP contribution in [-0.4, -0.2) is 23.9 Å². The monoisotopic (exact) mass is 300 g/mol. The molecule has 20 heavy (non-hydrogen) atoms. The van der Waals surface area contributed by atoms with E-state index in [4.69, 9.17) is 5.73 Å². The van der Waals surface area contributed by atoms with Crippen molar-refractivity contribution >= 4 is 17.2 Å². The van der Waals surface area contributed by atoms with Gasteiger partial charge < -0.3 is 11.1 Å². The standard InChI is InChI=1S/C14H18F2N2OS/c15-14(16)3-1-9(5-11(14)10-6-12(10)17)18-13(19)8-2-4-20-7-8/h2,4,7,9-12H,1,3,5-6,17H2,(H,18,19)/t9?,10-,11?,12-/m1/s1. The first-order valence-corrected chi connectivity index (χ1v) is 7.88. The SMILES string of the molecule is N[C@@H]1C[C@@H]1C1CC(NC(=O)c2ccsc2)CCC1(F)F. The van der Waals surface area contributed by atoms with E-state index in [1.54, 1.807) is 11.4 Å². The first-order chi connectivity index (χ1) is 9.47. The highest BCUT2D eigenvalue weighted by molar-refractivity contribution is 7.08. The molecule has 110 valence electrons. The summed E-state index contributed by atoms with van der Waals surface area (Å²) in [5.41, 5.74) is 6.33. The van der Waals surface area contributed by atoms with Gasteiger partial charge in [-0.3, -0.25) is 4.79 Å². The van der Waals surface area contributed by atoms with E-state index in [2.05, 4.69) is 5.32 Å². The van der Waals surface area contributed by atoms with E-state index in [-0.39, 0.29) is 30.3 Å². The average molecular weight is 300 g/mol. The lowest BCUT2D eigenvalue weighted by molar-refractivity contribution is -0.0998. The van der Waals surface area contributed by atoms with Crippen molar-refractivity contribution in [2.45, 2.75) is 43.7 Å². The van der Waals surface area contributed by atoms with Crippen molar-refractivity contribution in [2.75, 3.05) is 0 Å². The van der Waals surface area contributed by atoms with Crippen LogP contribution >= 0.6 is 11.3 Å². The first-order valence-electron chi connectivity index (χ1n) is 6.94. The minimum atomic E-state index is -2.64. The highest BCUT2D eigenvalue weighted by Crippen LogP contribution is 2.50. The zero-order valence-electron chi connectivity index (χ0n) is 11.0. The van der Waals surface area contributed by atoms with Gasteiger partial charge in [0.05, 0.1) is 0 Å². The van der Waals surface area contributed by atoms with Crippen LogP contribution in [0.2, 0.25) is 0 Å². The lowest BCUT2D eigenvalue weighted by Crippen LogP contribution is -2.46. The van der Waals surface area contributed by atoms with Gasteiger partial charge in [0.15, 0.2) is 0 Å². The van der Waals surface area contributed by atoms with Crippen molar-refractivity contribution in [3.8, 4) is 0 Å². The molecule has 0 aromatic carbocycles. The summed E-state index contributed by atoms with van der Waals surface area (Å²) in [5.74, 6) is -3.56. The Morgan fingerprint density at radius 1 is 1.45 bits per heavy atom. The van der Waals surface area contributed by atoms with Crippen LogP contribution in [0.15, 0.2) is 16.8 Å². The molecule has 6 heteroatoms. The highest BCUT2D eigenvalue weighted by Gasteiger charge is 2.54. The Labute approximate surface area is 120 Å². The van der Waals surface area contributed by atoms with Gasteiger partial charge in [0.1, 0.15) is 0 Å². The van der Waals surface area contributed by atoms with E-state index in [0.29, 0.717) is 24.8 Å². The number of hydrogen-bond donors (Lipinski definition) is 2. The molecule has 2 aliphatic rings. The molecule has 1 aromatic heterocycles. The van der Waals surface area contributed by atoms with Gasteiger partial charge in [-0.25, -0.2) is 8.78 Å². The van der Waals surface area contributed by atoms with Gasteiger partial charge in [-0.2, -0.15) is 11.3 Å². The normalized spacial score (nSPS) is 35.5. The van der Waals surface area contributed by atoms with E-state index in [0.717, 1.165) is 0 Å². The number of alkyl halides is 2. The summed E-state index contributed by atoms with van der Waals surface area (Å²) in [7, 11) is 0. The minimum Gasteiger partial charge on any atom is -0.349 e. The van der Waals surface area contributed by atoms with Gasteiger partial charge in [0, 0.05) is 35.4 Å². The fraction of sp³-hybridized carbons (Fsp3) is 0.643. The van der Waals surface area contributed by atoms with Gasteiger partial charge in [-0.05, 0) is 36.6 Å². The number of thiophene rings is 1. The molecule has 1 heterocycles. The second-order valence-electron chi connectivity index (χ2n) is 5.89. The Kier molecular flexibility index (Phi) is 3.54. The van der Waals surface area contributed by atoms with Crippen molar-refractivity contribution < 1.29 is 13.6 Å². The van der Waals surface area contributed by atoms with Gasteiger partial charge >= 0.3 is 0 Å². The maximum atomic E-state index is 14.0. The molecule has 0 bridgehead atoms. The van der Waals surface area contributed by atoms with E-state index >= 15 is 0 Å². The van der Waals surface area contributed by atoms with Crippen LogP contribution in [0.5, 0.6) is 0 Å². The molecule has 3 nitrogen and oxygen atoms in total. The number of carbonyl (C=O) groups is 1. The molecule has 2 fully saturated rings. The van der Waals surface area contributed by atoms with Crippen molar-refractivity contribution in [3.63, 3.8) is 0 Å². The molecular formula is C14H18F2N2OS.